The summed E-state index contributed by atoms with van der Waals surface area (Å²) in [5.74, 6) is 0.0410. The Bertz CT molecular complexity index is 438. The number of hydrogen-bond acceptors (Lipinski definition) is 2. The van der Waals surface area contributed by atoms with Gasteiger partial charge in [0.1, 0.15) is 6.04 Å². The van der Waals surface area contributed by atoms with Crippen LogP contribution in [0, 0.1) is 0 Å². The predicted octanol–water partition coefficient (Wildman–Crippen LogP) is 2.89. The molecule has 0 N–H and O–H groups in total. The molecule has 0 saturated carbocycles. The highest BCUT2D eigenvalue weighted by Gasteiger charge is 2.24. The van der Waals surface area contributed by atoms with Crippen LogP contribution in [0.3, 0.4) is 0 Å². The first-order chi connectivity index (χ1) is 8.11. The lowest BCUT2D eigenvalue weighted by atomic mass is 10.1. The van der Waals surface area contributed by atoms with Gasteiger partial charge in [0.05, 0.1) is 5.69 Å². The first kappa shape index (κ1) is 13.4. The molecule has 0 fully saturated rings. The third-order valence-corrected chi connectivity index (χ3v) is 2.73. The van der Waals surface area contributed by atoms with Crippen molar-refractivity contribution in [1.82, 2.24) is 0 Å². The summed E-state index contributed by atoms with van der Waals surface area (Å²) in [5.41, 5.74) is 2.90. The average molecular weight is 232 g/mol. The first-order valence-corrected chi connectivity index (χ1v) is 6.02. The SMILES string of the molecule is CC.CC1=NC(C)C(=O)N(C)c2ccccc21. The van der Waals surface area contributed by atoms with Crippen molar-refractivity contribution in [1.29, 1.82) is 0 Å². The highest BCUT2D eigenvalue weighted by atomic mass is 16.2. The van der Waals surface area contributed by atoms with Crippen LogP contribution in [-0.2, 0) is 4.79 Å². The second-order valence-electron chi connectivity index (χ2n) is 3.80. The van der Waals surface area contributed by atoms with Crippen molar-refractivity contribution in [2.75, 3.05) is 11.9 Å². The standard InChI is InChI=1S/C12H14N2O.C2H6/c1-8-10-6-4-5-7-11(10)14(3)12(15)9(2)13-8;1-2/h4-7,9H,1-3H3;1-2H3. The summed E-state index contributed by atoms with van der Waals surface area (Å²) in [6.07, 6.45) is 0. The maximum atomic E-state index is 11.9. The predicted molar refractivity (Wildman–Crippen MR) is 72.9 cm³/mol. The van der Waals surface area contributed by atoms with E-state index in [1.54, 1.807) is 11.9 Å². The lowest BCUT2D eigenvalue weighted by Gasteiger charge is -2.18. The fourth-order valence-electron chi connectivity index (χ4n) is 1.89. The molecule has 3 heteroatoms. The molecule has 0 aromatic heterocycles. The molecular weight excluding hydrogens is 212 g/mol. The van der Waals surface area contributed by atoms with Crippen molar-refractivity contribution in [3.05, 3.63) is 29.8 Å². The number of fused-ring (bicyclic) bond motifs is 1. The number of carbonyl (C=O) groups excluding carboxylic acids is 1. The molecule has 1 amide bonds. The molecule has 1 aromatic carbocycles. The van der Waals surface area contributed by atoms with Crippen LogP contribution in [0.2, 0.25) is 0 Å². The van der Waals surface area contributed by atoms with E-state index in [0.717, 1.165) is 17.0 Å². The number of rotatable bonds is 0. The van der Waals surface area contributed by atoms with E-state index in [4.69, 9.17) is 0 Å². The number of likely N-dealkylation sites (N-methyl/N-ethyl adjacent to an activating group) is 1. The Morgan fingerprint density at radius 2 is 1.82 bits per heavy atom. The molecule has 1 atom stereocenters. The van der Waals surface area contributed by atoms with Crippen LogP contribution in [-0.4, -0.2) is 24.7 Å². The number of nitrogens with zero attached hydrogens (tertiary/aromatic N) is 2. The number of benzodiazepines with no additional fused rings is 1. The molecule has 0 aliphatic carbocycles. The van der Waals surface area contributed by atoms with Crippen LogP contribution < -0.4 is 4.90 Å². The molecule has 1 unspecified atom stereocenters. The highest BCUT2D eigenvalue weighted by molar-refractivity contribution is 6.11. The monoisotopic (exact) mass is 232 g/mol. The zero-order chi connectivity index (χ0) is 13.0. The van der Waals surface area contributed by atoms with Gasteiger partial charge in [-0.3, -0.25) is 9.79 Å². The molecule has 0 saturated heterocycles. The van der Waals surface area contributed by atoms with Crippen LogP contribution >= 0.6 is 0 Å². The minimum atomic E-state index is -0.289. The van der Waals surface area contributed by atoms with Gasteiger partial charge in [-0.15, -0.1) is 0 Å². The van der Waals surface area contributed by atoms with Crippen molar-refractivity contribution in [2.24, 2.45) is 4.99 Å². The van der Waals surface area contributed by atoms with Crippen molar-refractivity contribution in [3.63, 3.8) is 0 Å². The molecule has 2 rings (SSSR count). The van der Waals surface area contributed by atoms with Gasteiger partial charge in [-0.25, -0.2) is 0 Å². The van der Waals surface area contributed by atoms with E-state index in [0.29, 0.717) is 0 Å². The Kier molecular flexibility index (Phi) is 4.44. The fraction of sp³-hybridized carbons (Fsp3) is 0.429. The normalized spacial score (nSPS) is 18.6. The number of amides is 1. The summed E-state index contributed by atoms with van der Waals surface area (Å²) in [6.45, 7) is 7.77. The maximum absolute atomic E-state index is 11.9. The van der Waals surface area contributed by atoms with Crippen molar-refractivity contribution >= 4 is 17.3 Å². The Labute approximate surface area is 103 Å². The summed E-state index contributed by atoms with van der Waals surface area (Å²) < 4.78 is 0. The summed E-state index contributed by atoms with van der Waals surface area (Å²) >= 11 is 0. The lowest BCUT2D eigenvalue weighted by Crippen LogP contribution is -2.32. The van der Waals surface area contributed by atoms with E-state index < -0.39 is 0 Å². The van der Waals surface area contributed by atoms with Crippen LogP contribution in [0.1, 0.15) is 33.3 Å². The van der Waals surface area contributed by atoms with Gasteiger partial charge in [0.15, 0.2) is 0 Å². The molecule has 0 bridgehead atoms. The molecule has 1 heterocycles. The molecule has 1 aromatic rings. The maximum Gasteiger partial charge on any atom is 0.251 e. The molecule has 3 nitrogen and oxygen atoms in total. The van der Waals surface area contributed by atoms with Crippen molar-refractivity contribution in [3.8, 4) is 0 Å². The second kappa shape index (κ2) is 5.62. The van der Waals surface area contributed by atoms with Crippen molar-refractivity contribution in [2.45, 2.75) is 33.7 Å². The number of anilines is 1. The van der Waals surface area contributed by atoms with Gasteiger partial charge in [-0.05, 0) is 19.9 Å². The summed E-state index contributed by atoms with van der Waals surface area (Å²) in [4.78, 5) is 17.9. The van der Waals surface area contributed by atoms with Gasteiger partial charge < -0.3 is 4.90 Å². The third kappa shape index (κ3) is 2.54. The average Bonchev–Trinajstić information content (AvgIpc) is 2.45. The summed E-state index contributed by atoms with van der Waals surface area (Å²) in [7, 11) is 1.80. The minimum Gasteiger partial charge on any atom is -0.313 e. The van der Waals surface area contributed by atoms with Gasteiger partial charge in [-0.1, -0.05) is 32.0 Å². The second-order valence-corrected chi connectivity index (χ2v) is 3.80. The molecule has 1 aliphatic rings. The van der Waals surface area contributed by atoms with Gasteiger partial charge in [0, 0.05) is 18.3 Å². The number of hydrogen-bond donors (Lipinski definition) is 0. The van der Waals surface area contributed by atoms with E-state index in [2.05, 4.69) is 4.99 Å². The number of para-hydroxylation sites is 1. The van der Waals surface area contributed by atoms with Crippen LogP contribution in [0.25, 0.3) is 0 Å². The van der Waals surface area contributed by atoms with Crippen LogP contribution in [0.15, 0.2) is 29.3 Å². The third-order valence-electron chi connectivity index (χ3n) is 2.73. The number of carbonyl (C=O) groups is 1. The van der Waals surface area contributed by atoms with Gasteiger partial charge >= 0.3 is 0 Å². The van der Waals surface area contributed by atoms with Gasteiger partial charge in [0.25, 0.3) is 5.91 Å². The molecule has 17 heavy (non-hydrogen) atoms. The van der Waals surface area contributed by atoms with E-state index in [-0.39, 0.29) is 11.9 Å². The quantitative estimate of drug-likeness (QED) is 0.677. The molecule has 0 spiro atoms. The fourth-order valence-corrected chi connectivity index (χ4v) is 1.89. The number of benzene rings is 1. The van der Waals surface area contributed by atoms with E-state index in [1.165, 1.54) is 0 Å². The molecule has 1 aliphatic heterocycles. The smallest absolute Gasteiger partial charge is 0.251 e. The highest BCUT2D eigenvalue weighted by Crippen LogP contribution is 2.24. The Morgan fingerprint density at radius 1 is 1.24 bits per heavy atom. The van der Waals surface area contributed by atoms with Crippen LogP contribution in [0.4, 0.5) is 5.69 Å². The van der Waals surface area contributed by atoms with Crippen LogP contribution in [0.5, 0.6) is 0 Å². The topological polar surface area (TPSA) is 32.7 Å². The minimum absolute atomic E-state index is 0.0410. The summed E-state index contributed by atoms with van der Waals surface area (Å²) in [5, 5.41) is 0. The largest absolute Gasteiger partial charge is 0.313 e. The first-order valence-electron chi connectivity index (χ1n) is 6.02. The molecular formula is C14H20N2O. The number of aliphatic imine (C=N–C) groups is 1. The van der Waals surface area contributed by atoms with Crippen molar-refractivity contribution < 1.29 is 4.79 Å². The zero-order valence-electron chi connectivity index (χ0n) is 11.2. The van der Waals surface area contributed by atoms with Gasteiger partial charge in [-0.2, -0.15) is 0 Å². The van der Waals surface area contributed by atoms with E-state index in [9.17, 15) is 4.79 Å². The lowest BCUT2D eigenvalue weighted by molar-refractivity contribution is -0.119. The Hall–Kier alpha value is -1.64. The Morgan fingerprint density at radius 3 is 2.47 bits per heavy atom. The van der Waals surface area contributed by atoms with E-state index in [1.807, 2.05) is 52.0 Å². The summed E-state index contributed by atoms with van der Waals surface area (Å²) in [6, 6.07) is 7.56. The van der Waals surface area contributed by atoms with E-state index >= 15 is 0 Å². The molecule has 92 valence electrons. The molecule has 0 radical (unpaired) electrons. The Balaban J connectivity index is 0.000000686. The van der Waals surface area contributed by atoms with Gasteiger partial charge in [0.2, 0.25) is 0 Å². The zero-order valence-corrected chi connectivity index (χ0v) is 11.2.